The summed E-state index contributed by atoms with van der Waals surface area (Å²) in [5, 5.41) is 3.51. The summed E-state index contributed by atoms with van der Waals surface area (Å²) in [7, 11) is 0. The van der Waals surface area contributed by atoms with Crippen molar-refractivity contribution >= 4 is 5.91 Å². The minimum absolute atomic E-state index is 0.147. The first-order valence-electron chi connectivity index (χ1n) is 13.7. The average molecular weight is 508 g/mol. The van der Waals surface area contributed by atoms with Gasteiger partial charge in [-0.1, -0.05) is 26.0 Å². The summed E-state index contributed by atoms with van der Waals surface area (Å²) in [5.74, 6) is 1.44. The van der Waals surface area contributed by atoms with Crippen LogP contribution in [-0.2, 0) is 22.3 Å². The molecule has 1 N–H and O–H groups in total. The molecule has 0 aromatic heterocycles. The van der Waals surface area contributed by atoms with E-state index in [4.69, 9.17) is 4.74 Å². The van der Waals surface area contributed by atoms with Crippen molar-refractivity contribution in [2.45, 2.75) is 89.3 Å². The topological polar surface area (TPSA) is 44.8 Å². The van der Waals surface area contributed by atoms with Gasteiger partial charge in [0.25, 0.3) is 0 Å². The van der Waals surface area contributed by atoms with E-state index in [2.05, 4.69) is 29.0 Å². The number of rotatable bonds is 6. The van der Waals surface area contributed by atoms with Gasteiger partial charge < -0.3 is 15.0 Å². The molecule has 0 unspecified atom stereocenters. The second-order valence-corrected chi connectivity index (χ2v) is 11.7. The van der Waals surface area contributed by atoms with Crippen LogP contribution in [0.3, 0.4) is 0 Å². The summed E-state index contributed by atoms with van der Waals surface area (Å²) < 4.78 is 45.8. The fourth-order valence-corrected chi connectivity index (χ4v) is 7.14. The van der Waals surface area contributed by atoms with Crippen molar-refractivity contribution in [1.82, 2.24) is 15.1 Å². The van der Waals surface area contributed by atoms with E-state index in [1.165, 1.54) is 18.6 Å². The number of hydrogen-bond acceptors (Lipinski definition) is 4. The van der Waals surface area contributed by atoms with Crippen LogP contribution in [0.15, 0.2) is 24.3 Å². The largest absolute Gasteiger partial charge is 0.416 e. The summed E-state index contributed by atoms with van der Waals surface area (Å²) in [5.41, 5.74) is -0.142. The lowest BCUT2D eigenvalue weighted by Crippen LogP contribution is -2.63. The Kier molecular flexibility index (Phi) is 7.40. The number of halogens is 3. The van der Waals surface area contributed by atoms with E-state index < -0.39 is 17.5 Å². The fraction of sp³-hybridized carbons (Fsp3) is 0.750. The third-order valence-electron chi connectivity index (χ3n) is 9.09. The highest BCUT2D eigenvalue weighted by Crippen LogP contribution is 2.51. The van der Waals surface area contributed by atoms with Crippen molar-refractivity contribution in [2.24, 2.45) is 17.8 Å². The fourth-order valence-electron chi connectivity index (χ4n) is 7.14. The lowest BCUT2D eigenvalue weighted by atomic mass is 9.72. The number of nitrogens with one attached hydrogen (secondary N) is 1. The van der Waals surface area contributed by atoms with Gasteiger partial charge in [-0.3, -0.25) is 9.69 Å². The smallest absolute Gasteiger partial charge is 0.353 e. The van der Waals surface area contributed by atoms with Crippen LogP contribution in [0.1, 0.15) is 69.9 Å². The van der Waals surface area contributed by atoms with Gasteiger partial charge in [-0.15, -0.1) is 0 Å². The van der Waals surface area contributed by atoms with Crippen molar-refractivity contribution in [3.05, 3.63) is 35.4 Å². The third-order valence-corrected chi connectivity index (χ3v) is 9.09. The normalized spacial score (nSPS) is 33.2. The van der Waals surface area contributed by atoms with Gasteiger partial charge in [0.1, 0.15) is 5.72 Å². The molecule has 5 nitrogen and oxygen atoms in total. The highest BCUT2D eigenvalue weighted by Gasteiger charge is 2.59. The molecule has 3 aliphatic heterocycles. The minimum atomic E-state index is -4.32. The van der Waals surface area contributed by atoms with Crippen LogP contribution in [-0.4, -0.2) is 59.8 Å². The molecular weight excluding hydrogens is 467 g/mol. The number of carbonyl (C=O) groups excluding carboxylic acids is 1. The monoisotopic (exact) mass is 507 g/mol. The van der Waals surface area contributed by atoms with Crippen molar-refractivity contribution in [3.63, 3.8) is 0 Å². The predicted molar refractivity (Wildman–Crippen MR) is 132 cm³/mol. The second kappa shape index (κ2) is 10.3. The van der Waals surface area contributed by atoms with Crippen LogP contribution >= 0.6 is 0 Å². The molecule has 1 spiro atoms. The van der Waals surface area contributed by atoms with Gasteiger partial charge in [0.05, 0.1) is 18.2 Å². The molecule has 8 heteroatoms. The zero-order valence-electron chi connectivity index (χ0n) is 21.5. The first-order chi connectivity index (χ1) is 17.2. The van der Waals surface area contributed by atoms with E-state index in [1.807, 2.05) is 0 Å². The number of alkyl halides is 3. The van der Waals surface area contributed by atoms with E-state index in [-0.39, 0.29) is 11.9 Å². The van der Waals surface area contributed by atoms with Gasteiger partial charge in [0.2, 0.25) is 5.91 Å². The van der Waals surface area contributed by atoms with E-state index in [1.54, 1.807) is 12.1 Å². The van der Waals surface area contributed by atoms with Crippen molar-refractivity contribution < 1.29 is 22.7 Å². The number of benzene rings is 1. The molecule has 4 fully saturated rings. The molecule has 0 bridgehead atoms. The second-order valence-electron chi connectivity index (χ2n) is 11.7. The van der Waals surface area contributed by atoms with Gasteiger partial charge in [-0.05, 0) is 81.1 Å². The lowest BCUT2D eigenvalue weighted by molar-refractivity contribution is -0.192. The van der Waals surface area contributed by atoms with E-state index in [9.17, 15) is 18.0 Å². The first-order valence-corrected chi connectivity index (χ1v) is 13.7. The SMILES string of the molecule is CC(C)[C@H]1CO[C@]23CC[C@H](N(Cc4ccc(C(F)(F)F)cc4)C[C@@H]4CCCNC4)C[C@H]2CCC(=O)N13. The Morgan fingerprint density at radius 1 is 1.19 bits per heavy atom. The molecule has 5 rings (SSSR count). The molecule has 1 aromatic rings. The maximum atomic E-state index is 13.1. The molecule has 4 aliphatic rings. The van der Waals surface area contributed by atoms with Crippen LogP contribution in [0.5, 0.6) is 0 Å². The molecule has 36 heavy (non-hydrogen) atoms. The Morgan fingerprint density at radius 3 is 2.64 bits per heavy atom. The molecule has 1 saturated carbocycles. The molecule has 3 saturated heterocycles. The molecule has 0 radical (unpaired) electrons. The van der Waals surface area contributed by atoms with Crippen LogP contribution in [0, 0.1) is 17.8 Å². The minimum Gasteiger partial charge on any atom is -0.353 e. The molecule has 1 amide bonds. The van der Waals surface area contributed by atoms with Crippen molar-refractivity contribution in [2.75, 3.05) is 26.2 Å². The molecule has 1 aromatic carbocycles. The Labute approximate surface area is 212 Å². The van der Waals surface area contributed by atoms with Crippen LogP contribution < -0.4 is 5.32 Å². The number of carbonyl (C=O) groups is 1. The highest BCUT2D eigenvalue weighted by molar-refractivity contribution is 5.78. The van der Waals surface area contributed by atoms with E-state index in [0.29, 0.717) is 43.4 Å². The predicted octanol–water partition coefficient (Wildman–Crippen LogP) is 5.05. The highest BCUT2D eigenvalue weighted by atomic mass is 19.4. The number of amides is 1. The lowest BCUT2D eigenvalue weighted by Gasteiger charge is -2.54. The van der Waals surface area contributed by atoms with E-state index >= 15 is 0 Å². The average Bonchev–Trinajstić information content (AvgIpc) is 3.25. The van der Waals surface area contributed by atoms with Crippen molar-refractivity contribution in [3.8, 4) is 0 Å². The summed E-state index contributed by atoms with van der Waals surface area (Å²) in [6.07, 6.45) is 2.20. The zero-order valence-corrected chi connectivity index (χ0v) is 21.5. The Balaban J connectivity index is 1.34. The number of piperidine rings is 2. The van der Waals surface area contributed by atoms with Crippen LogP contribution in [0.4, 0.5) is 13.2 Å². The maximum Gasteiger partial charge on any atom is 0.416 e. The van der Waals surface area contributed by atoms with Crippen LogP contribution in [0.25, 0.3) is 0 Å². The standard InChI is InChI=1S/C28H40F3N3O2/c1-19(2)25-18-36-27-12-11-24(14-23(27)9-10-26(35)34(25)27)33(17-21-4-3-13-32-15-21)16-20-5-7-22(8-6-20)28(29,30)31/h5-8,19,21,23-25,32H,3-4,9-18H2,1-2H3/t21-,23-,24+,25-,27-/m1/s1. The Morgan fingerprint density at radius 2 is 1.97 bits per heavy atom. The van der Waals surface area contributed by atoms with Gasteiger partial charge >= 0.3 is 6.18 Å². The maximum absolute atomic E-state index is 13.1. The molecule has 3 heterocycles. The molecule has 5 atom stereocenters. The summed E-state index contributed by atoms with van der Waals surface area (Å²) in [6.45, 7) is 8.59. The molecule has 1 aliphatic carbocycles. The number of nitrogens with zero attached hydrogens (tertiary/aromatic N) is 2. The number of hydrogen-bond donors (Lipinski definition) is 1. The third kappa shape index (κ3) is 5.05. The van der Waals surface area contributed by atoms with Crippen molar-refractivity contribution in [1.29, 1.82) is 0 Å². The van der Waals surface area contributed by atoms with Gasteiger partial charge in [0, 0.05) is 31.5 Å². The summed E-state index contributed by atoms with van der Waals surface area (Å²) in [6, 6.07) is 6.15. The van der Waals surface area contributed by atoms with E-state index in [0.717, 1.165) is 57.3 Å². The van der Waals surface area contributed by atoms with Gasteiger partial charge in [-0.25, -0.2) is 0 Å². The zero-order chi connectivity index (χ0) is 25.5. The first kappa shape index (κ1) is 26.0. The Hall–Kier alpha value is -1.64. The number of ether oxygens (including phenoxy) is 1. The molecular formula is C28H40F3N3O2. The Bertz CT molecular complexity index is 916. The summed E-state index contributed by atoms with van der Waals surface area (Å²) in [4.78, 5) is 17.6. The van der Waals surface area contributed by atoms with Gasteiger partial charge in [-0.2, -0.15) is 13.2 Å². The van der Waals surface area contributed by atoms with Gasteiger partial charge in [0.15, 0.2) is 0 Å². The van der Waals surface area contributed by atoms with Crippen LogP contribution in [0.2, 0.25) is 0 Å². The molecule has 200 valence electrons. The summed E-state index contributed by atoms with van der Waals surface area (Å²) >= 11 is 0. The quantitative estimate of drug-likeness (QED) is 0.586.